The molecule has 0 aromatic heterocycles. The largest absolute Gasteiger partial charge is 0.462 e. The molecule has 2 aliphatic carbocycles. The normalized spacial score (nSPS) is 50.6. The van der Waals surface area contributed by atoms with Crippen molar-refractivity contribution in [2.75, 3.05) is 0 Å². The lowest BCUT2D eigenvalue weighted by atomic mass is 9.77. The second kappa shape index (κ2) is 4.70. The molecule has 112 valence electrons. The third kappa shape index (κ3) is 2.37. The molecule has 4 nitrogen and oxygen atoms in total. The van der Waals surface area contributed by atoms with E-state index in [-0.39, 0.29) is 18.0 Å². The molecule has 0 aromatic carbocycles. The van der Waals surface area contributed by atoms with Crippen LogP contribution in [0, 0.1) is 17.8 Å². The van der Waals surface area contributed by atoms with Gasteiger partial charge in [0.1, 0.15) is 6.10 Å². The first-order chi connectivity index (χ1) is 9.61. The van der Waals surface area contributed by atoms with Crippen molar-refractivity contribution >= 4 is 5.97 Å². The second-order valence-corrected chi connectivity index (χ2v) is 7.19. The molecule has 8 unspecified atom stereocenters. The number of carbonyl (C=O) groups is 1. The average Bonchev–Trinajstić information content (AvgIpc) is 3.30. The molecule has 0 spiro atoms. The van der Waals surface area contributed by atoms with Gasteiger partial charge in [0.05, 0.1) is 30.3 Å². The summed E-state index contributed by atoms with van der Waals surface area (Å²) >= 11 is 0. The molecule has 2 saturated carbocycles. The topological polar surface area (TPSA) is 51.4 Å². The molecule has 0 amide bonds. The van der Waals surface area contributed by atoms with Gasteiger partial charge in [-0.15, -0.1) is 0 Å². The molecule has 20 heavy (non-hydrogen) atoms. The van der Waals surface area contributed by atoms with Gasteiger partial charge in [-0.3, -0.25) is 4.79 Å². The highest BCUT2D eigenvalue weighted by atomic mass is 16.6. The number of carbonyl (C=O) groups excluding carboxylic acids is 1. The third-order valence-corrected chi connectivity index (χ3v) is 5.77. The van der Waals surface area contributed by atoms with Crippen LogP contribution in [0.3, 0.4) is 0 Å². The van der Waals surface area contributed by atoms with Crippen LogP contribution in [0.4, 0.5) is 0 Å². The molecular weight excluding hydrogens is 256 g/mol. The summed E-state index contributed by atoms with van der Waals surface area (Å²) in [6, 6.07) is 0. The van der Waals surface area contributed by atoms with E-state index in [1.165, 1.54) is 0 Å². The zero-order valence-electron chi connectivity index (χ0n) is 12.3. The maximum absolute atomic E-state index is 12.3. The number of ether oxygens (including phenoxy) is 3. The van der Waals surface area contributed by atoms with E-state index in [0.29, 0.717) is 36.3 Å². The van der Waals surface area contributed by atoms with Crippen LogP contribution < -0.4 is 0 Å². The molecule has 0 radical (unpaired) electrons. The Kier molecular flexibility index (Phi) is 3.08. The van der Waals surface area contributed by atoms with Crippen LogP contribution in [0.1, 0.15) is 46.0 Å². The third-order valence-electron chi connectivity index (χ3n) is 5.77. The lowest BCUT2D eigenvalue weighted by Crippen LogP contribution is -2.36. The van der Waals surface area contributed by atoms with Gasteiger partial charge in [-0.1, -0.05) is 6.92 Å². The predicted octanol–water partition coefficient (Wildman–Crippen LogP) is 2.30. The fourth-order valence-electron chi connectivity index (χ4n) is 4.27. The summed E-state index contributed by atoms with van der Waals surface area (Å²) in [4.78, 5) is 12.3. The minimum Gasteiger partial charge on any atom is -0.462 e. The smallest absolute Gasteiger partial charge is 0.309 e. The van der Waals surface area contributed by atoms with E-state index in [2.05, 4.69) is 13.8 Å². The van der Waals surface area contributed by atoms with Crippen molar-refractivity contribution in [3.05, 3.63) is 0 Å². The lowest BCUT2D eigenvalue weighted by Gasteiger charge is -2.32. The molecule has 0 N–H and O–H groups in total. The molecule has 8 atom stereocenters. The Morgan fingerprint density at radius 2 is 1.75 bits per heavy atom. The molecule has 4 rings (SSSR count). The van der Waals surface area contributed by atoms with Crippen LogP contribution in [0.15, 0.2) is 0 Å². The lowest BCUT2D eigenvalue weighted by molar-refractivity contribution is -0.158. The molecule has 2 saturated heterocycles. The Morgan fingerprint density at radius 1 is 1.05 bits per heavy atom. The summed E-state index contributed by atoms with van der Waals surface area (Å²) in [5.74, 6) is 1.10. The fraction of sp³-hybridized carbons (Fsp3) is 0.938. The second-order valence-electron chi connectivity index (χ2n) is 7.19. The minimum atomic E-state index is -0.00233. The Hall–Kier alpha value is -0.610. The first-order valence-electron chi connectivity index (χ1n) is 8.13. The van der Waals surface area contributed by atoms with Crippen molar-refractivity contribution in [3.63, 3.8) is 0 Å². The first kappa shape index (κ1) is 13.1. The highest BCUT2D eigenvalue weighted by molar-refractivity contribution is 5.73. The number of rotatable bonds is 3. The number of hydrogen-bond donors (Lipinski definition) is 0. The van der Waals surface area contributed by atoms with E-state index in [4.69, 9.17) is 14.2 Å². The van der Waals surface area contributed by atoms with Crippen LogP contribution in [0.5, 0.6) is 0 Å². The quantitative estimate of drug-likeness (QED) is 0.588. The van der Waals surface area contributed by atoms with Crippen molar-refractivity contribution in [3.8, 4) is 0 Å². The van der Waals surface area contributed by atoms with Gasteiger partial charge in [0.2, 0.25) is 0 Å². The van der Waals surface area contributed by atoms with Crippen molar-refractivity contribution in [1.82, 2.24) is 0 Å². The molecule has 4 fully saturated rings. The molecular formula is C16H24O4. The average molecular weight is 280 g/mol. The number of epoxide rings is 2. The van der Waals surface area contributed by atoms with Gasteiger partial charge in [-0.2, -0.15) is 0 Å². The van der Waals surface area contributed by atoms with Crippen molar-refractivity contribution in [2.45, 2.75) is 76.5 Å². The van der Waals surface area contributed by atoms with Crippen LogP contribution in [-0.2, 0) is 19.0 Å². The SMILES string of the molecule is CC1CC2OC2CC1C(C)OC(=O)C1CCC2OC2C1. The molecule has 0 aromatic rings. The highest BCUT2D eigenvalue weighted by Crippen LogP contribution is 2.45. The number of fused-ring (bicyclic) bond motifs is 2. The van der Waals surface area contributed by atoms with Gasteiger partial charge in [0.15, 0.2) is 0 Å². The van der Waals surface area contributed by atoms with E-state index in [9.17, 15) is 4.79 Å². The standard InChI is InChI=1S/C16H24O4/c1-8-5-13-15(20-13)7-11(8)9(2)18-16(17)10-3-4-12-14(6-10)19-12/h8-15H,3-7H2,1-2H3. The van der Waals surface area contributed by atoms with Gasteiger partial charge in [0.25, 0.3) is 0 Å². The van der Waals surface area contributed by atoms with Crippen molar-refractivity contribution < 1.29 is 19.0 Å². The minimum absolute atomic E-state index is 0.00233. The van der Waals surface area contributed by atoms with Gasteiger partial charge in [0, 0.05) is 5.92 Å². The van der Waals surface area contributed by atoms with E-state index in [1.807, 2.05) is 0 Å². The summed E-state index contributed by atoms with van der Waals surface area (Å²) in [6.45, 7) is 4.32. The Balaban J connectivity index is 1.32. The summed E-state index contributed by atoms with van der Waals surface area (Å²) in [5, 5.41) is 0. The van der Waals surface area contributed by atoms with Gasteiger partial charge >= 0.3 is 5.97 Å². The van der Waals surface area contributed by atoms with Crippen LogP contribution >= 0.6 is 0 Å². The van der Waals surface area contributed by atoms with Crippen molar-refractivity contribution in [2.24, 2.45) is 17.8 Å². The Bertz CT molecular complexity index is 409. The zero-order valence-corrected chi connectivity index (χ0v) is 12.3. The maximum Gasteiger partial charge on any atom is 0.309 e. The first-order valence-corrected chi connectivity index (χ1v) is 8.13. The fourth-order valence-corrected chi connectivity index (χ4v) is 4.27. The molecule has 2 aliphatic heterocycles. The molecule has 0 bridgehead atoms. The monoisotopic (exact) mass is 280 g/mol. The summed E-state index contributed by atoms with van der Waals surface area (Å²) < 4.78 is 16.9. The molecule has 2 heterocycles. The van der Waals surface area contributed by atoms with E-state index in [0.717, 1.165) is 32.1 Å². The van der Waals surface area contributed by atoms with Crippen molar-refractivity contribution in [1.29, 1.82) is 0 Å². The zero-order chi connectivity index (χ0) is 13.9. The van der Waals surface area contributed by atoms with Crippen LogP contribution in [0.2, 0.25) is 0 Å². The van der Waals surface area contributed by atoms with E-state index >= 15 is 0 Å². The Labute approximate surface area is 120 Å². The predicted molar refractivity (Wildman–Crippen MR) is 72.1 cm³/mol. The molecule has 4 aliphatic rings. The maximum atomic E-state index is 12.3. The Morgan fingerprint density at radius 3 is 2.55 bits per heavy atom. The summed E-state index contributed by atoms with van der Waals surface area (Å²) in [5.41, 5.74) is 0. The van der Waals surface area contributed by atoms with E-state index < -0.39 is 0 Å². The van der Waals surface area contributed by atoms with Gasteiger partial charge in [-0.05, 0) is 44.9 Å². The highest BCUT2D eigenvalue weighted by Gasteiger charge is 2.50. The van der Waals surface area contributed by atoms with E-state index in [1.54, 1.807) is 0 Å². The van der Waals surface area contributed by atoms with Gasteiger partial charge in [-0.25, -0.2) is 0 Å². The summed E-state index contributed by atoms with van der Waals surface area (Å²) in [6.07, 6.45) is 6.72. The van der Waals surface area contributed by atoms with Crippen LogP contribution in [0.25, 0.3) is 0 Å². The molecule has 4 heteroatoms. The van der Waals surface area contributed by atoms with Crippen LogP contribution in [-0.4, -0.2) is 36.5 Å². The van der Waals surface area contributed by atoms with Gasteiger partial charge < -0.3 is 14.2 Å². The number of hydrogen-bond acceptors (Lipinski definition) is 4. The summed E-state index contributed by atoms with van der Waals surface area (Å²) in [7, 11) is 0. The number of esters is 1.